The summed E-state index contributed by atoms with van der Waals surface area (Å²) in [5.41, 5.74) is 2.73. The first kappa shape index (κ1) is 20.6. The van der Waals surface area contributed by atoms with E-state index in [1.165, 1.54) is 43.5 Å². The zero-order valence-electron chi connectivity index (χ0n) is 18.5. The molecular weight excluding hydrogens is 388 g/mol. The van der Waals surface area contributed by atoms with Crippen LogP contribution in [0.4, 0.5) is 0 Å². The van der Waals surface area contributed by atoms with E-state index >= 15 is 0 Å². The molecule has 31 heavy (non-hydrogen) atoms. The fraction of sp³-hybridized carbons (Fsp3) is 0.600. The zero-order valence-corrected chi connectivity index (χ0v) is 18.5. The molecule has 4 aliphatic rings. The standard InChI is InChI=1S/C25H34N4O2/c1-28-24(14-23(27-28)18-7-5-6-8-18)22-16-29-12-11-19(22)13-20(29)15-26-25(30)17-31-21-9-3-2-4-10-21/h2-4,9-10,14,18-20,22H,5-8,11-13,15-17H2,1H3,(H,26,30). The Bertz CT molecular complexity index is 890. The average molecular weight is 423 g/mol. The number of rotatable bonds is 7. The van der Waals surface area contributed by atoms with E-state index in [0.29, 0.717) is 30.3 Å². The Morgan fingerprint density at radius 1 is 1.19 bits per heavy atom. The molecule has 4 heterocycles. The van der Waals surface area contributed by atoms with Crippen LogP contribution in [0.3, 0.4) is 0 Å². The number of amides is 1. The number of hydrogen-bond donors (Lipinski definition) is 1. The second kappa shape index (κ2) is 9.03. The van der Waals surface area contributed by atoms with Gasteiger partial charge in [0.2, 0.25) is 0 Å². The molecule has 3 saturated heterocycles. The number of nitrogens with one attached hydrogen (secondary N) is 1. The Kier molecular flexibility index (Phi) is 5.99. The zero-order chi connectivity index (χ0) is 21.2. The SMILES string of the molecule is Cn1nc(C2CCCC2)cc1C1CN2CCC1CC2CNC(=O)COc1ccccc1. The highest BCUT2D eigenvalue weighted by Crippen LogP contribution is 2.43. The van der Waals surface area contributed by atoms with Crippen molar-refractivity contribution in [3.05, 3.63) is 47.8 Å². The van der Waals surface area contributed by atoms with Crippen molar-refractivity contribution in [2.45, 2.75) is 56.4 Å². The maximum atomic E-state index is 12.3. The van der Waals surface area contributed by atoms with Crippen molar-refractivity contribution >= 4 is 5.91 Å². The maximum absolute atomic E-state index is 12.3. The molecule has 2 aromatic rings. The van der Waals surface area contributed by atoms with Crippen LogP contribution in [-0.4, -0.2) is 52.9 Å². The lowest BCUT2D eigenvalue weighted by atomic mass is 9.74. The van der Waals surface area contributed by atoms with Crippen molar-refractivity contribution < 1.29 is 9.53 Å². The van der Waals surface area contributed by atoms with Crippen LogP contribution in [0.15, 0.2) is 36.4 Å². The lowest BCUT2D eigenvalue weighted by Crippen LogP contribution is -2.56. The van der Waals surface area contributed by atoms with Crippen molar-refractivity contribution in [2.24, 2.45) is 13.0 Å². The summed E-state index contributed by atoms with van der Waals surface area (Å²) < 4.78 is 7.72. The first-order valence-electron chi connectivity index (χ1n) is 11.9. The van der Waals surface area contributed by atoms with Gasteiger partial charge in [-0.05, 0) is 56.3 Å². The summed E-state index contributed by atoms with van der Waals surface area (Å²) >= 11 is 0. The van der Waals surface area contributed by atoms with Crippen molar-refractivity contribution in [1.82, 2.24) is 20.0 Å². The van der Waals surface area contributed by atoms with Crippen LogP contribution < -0.4 is 10.1 Å². The highest BCUT2D eigenvalue weighted by molar-refractivity contribution is 5.77. The fourth-order valence-electron chi connectivity index (χ4n) is 5.91. The Morgan fingerprint density at radius 3 is 2.74 bits per heavy atom. The summed E-state index contributed by atoms with van der Waals surface area (Å²) in [5, 5.41) is 7.99. The third-order valence-electron chi connectivity index (χ3n) is 7.61. The third kappa shape index (κ3) is 4.49. The summed E-state index contributed by atoms with van der Waals surface area (Å²) in [6, 6.07) is 12.3. The Labute approximate surface area is 185 Å². The topological polar surface area (TPSA) is 59.4 Å². The summed E-state index contributed by atoms with van der Waals surface area (Å²) in [6.07, 6.45) is 7.68. The monoisotopic (exact) mass is 422 g/mol. The minimum atomic E-state index is -0.0455. The van der Waals surface area contributed by atoms with Gasteiger partial charge in [-0.15, -0.1) is 0 Å². The molecule has 4 atom stereocenters. The molecule has 4 fully saturated rings. The van der Waals surface area contributed by atoms with Gasteiger partial charge in [0, 0.05) is 43.7 Å². The van der Waals surface area contributed by atoms with Gasteiger partial charge in [0.15, 0.2) is 6.61 Å². The normalized spacial score (nSPS) is 28.0. The van der Waals surface area contributed by atoms with Crippen LogP contribution in [0.2, 0.25) is 0 Å². The highest BCUT2D eigenvalue weighted by atomic mass is 16.5. The Hall–Kier alpha value is -2.34. The maximum Gasteiger partial charge on any atom is 0.257 e. The van der Waals surface area contributed by atoms with Crippen LogP contribution in [0.5, 0.6) is 5.75 Å². The van der Waals surface area contributed by atoms with E-state index in [1.54, 1.807) is 0 Å². The quantitative estimate of drug-likeness (QED) is 0.743. The number of fused-ring (bicyclic) bond motifs is 3. The number of nitrogens with zero attached hydrogens (tertiary/aromatic N) is 3. The van der Waals surface area contributed by atoms with Crippen LogP contribution in [0, 0.1) is 5.92 Å². The largest absolute Gasteiger partial charge is 0.484 e. The van der Waals surface area contributed by atoms with Gasteiger partial charge in [0.1, 0.15) is 5.75 Å². The fourth-order valence-corrected chi connectivity index (χ4v) is 5.91. The van der Waals surface area contributed by atoms with Gasteiger partial charge < -0.3 is 10.1 Å². The van der Waals surface area contributed by atoms with E-state index in [4.69, 9.17) is 9.84 Å². The lowest BCUT2D eigenvalue weighted by molar-refractivity contribution is -0.123. The molecule has 6 heteroatoms. The molecule has 1 saturated carbocycles. The first-order chi connectivity index (χ1) is 15.2. The Morgan fingerprint density at radius 2 is 2.00 bits per heavy atom. The minimum absolute atomic E-state index is 0.0455. The summed E-state index contributed by atoms with van der Waals surface area (Å²) in [4.78, 5) is 14.8. The summed E-state index contributed by atoms with van der Waals surface area (Å²) in [7, 11) is 2.12. The van der Waals surface area contributed by atoms with Crippen molar-refractivity contribution in [3.8, 4) is 5.75 Å². The number of ether oxygens (including phenoxy) is 1. The predicted molar refractivity (Wildman–Crippen MR) is 120 cm³/mol. The number of benzene rings is 1. The highest BCUT2D eigenvalue weighted by Gasteiger charge is 2.42. The molecule has 4 unspecified atom stereocenters. The molecule has 0 radical (unpaired) electrons. The molecule has 6 nitrogen and oxygen atoms in total. The van der Waals surface area contributed by atoms with Crippen molar-refractivity contribution in [2.75, 3.05) is 26.2 Å². The molecule has 3 aliphatic heterocycles. The molecule has 1 aromatic heterocycles. The number of para-hydroxylation sites is 1. The van der Waals surface area contributed by atoms with E-state index < -0.39 is 0 Å². The van der Waals surface area contributed by atoms with Crippen molar-refractivity contribution in [3.63, 3.8) is 0 Å². The third-order valence-corrected chi connectivity index (χ3v) is 7.61. The van der Waals surface area contributed by atoms with Gasteiger partial charge in [-0.3, -0.25) is 14.4 Å². The summed E-state index contributed by atoms with van der Waals surface area (Å²) in [6.45, 7) is 2.99. The van der Waals surface area contributed by atoms with E-state index in [-0.39, 0.29) is 12.5 Å². The van der Waals surface area contributed by atoms with Gasteiger partial charge in [-0.25, -0.2) is 0 Å². The van der Waals surface area contributed by atoms with E-state index in [2.05, 4.69) is 28.0 Å². The van der Waals surface area contributed by atoms with E-state index in [0.717, 1.165) is 25.3 Å². The minimum Gasteiger partial charge on any atom is -0.484 e. The van der Waals surface area contributed by atoms with Gasteiger partial charge in [0.25, 0.3) is 5.91 Å². The average Bonchev–Trinajstić information content (AvgIpc) is 3.47. The van der Waals surface area contributed by atoms with Crippen LogP contribution in [-0.2, 0) is 11.8 Å². The second-order valence-electron chi connectivity index (χ2n) is 9.54. The van der Waals surface area contributed by atoms with Gasteiger partial charge in [-0.2, -0.15) is 5.10 Å². The second-order valence-corrected chi connectivity index (χ2v) is 9.54. The number of carbonyl (C=O) groups excluding carboxylic acids is 1. The van der Waals surface area contributed by atoms with Crippen molar-refractivity contribution in [1.29, 1.82) is 0 Å². The van der Waals surface area contributed by atoms with Gasteiger partial charge in [-0.1, -0.05) is 31.0 Å². The lowest BCUT2D eigenvalue weighted by Gasteiger charge is -2.50. The van der Waals surface area contributed by atoms with Crippen LogP contribution in [0.1, 0.15) is 61.7 Å². The summed E-state index contributed by atoms with van der Waals surface area (Å²) in [5.74, 6) is 2.60. The van der Waals surface area contributed by atoms with E-state index in [1.807, 2.05) is 30.3 Å². The molecule has 6 rings (SSSR count). The molecule has 1 N–H and O–H groups in total. The predicted octanol–water partition coefficient (Wildman–Crippen LogP) is 3.45. The van der Waals surface area contributed by atoms with Gasteiger partial charge in [0.05, 0.1) is 5.69 Å². The number of aryl methyl sites for hydroxylation is 1. The number of hydrogen-bond acceptors (Lipinski definition) is 4. The van der Waals surface area contributed by atoms with Crippen LogP contribution in [0.25, 0.3) is 0 Å². The number of piperidine rings is 3. The molecule has 1 aliphatic carbocycles. The molecule has 1 aromatic carbocycles. The van der Waals surface area contributed by atoms with E-state index in [9.17, 15) is 4.79 Å². The molecule has 2 bridgehead atoms. The molecule has 1 amide bonds. The molecular formula is C25H34N4O2. The number of carbonyl (C=O) groups is 1. The smallest absolute Gasteiger partial charge is 0.257 e. The Balaban J connectivity index is 1.15. The van der Waals surface area contributed by atoms with Gasteiger partial charge >= 0.3 is 0 Å². The number of aromatic nitrogens is 2. The molecule has 166 valence electrons. The van der Waals surface area contributed by atoms with Crippen LogP contribution >= 0.6 is 0 Å². The molecule has 0 spiro atoms. The first-order valence-corrected chi connectivity index (χ1v) is 11.9.